The standard InChI is InChI=1S/C10H20N2/c1-9-2-5-12-10(8-9)3-6-11-7-4-10/h9,11-12H,2-8H2,1H3. The highest BCUT2D eigenvalue weighted by molar-refractivity contribution is 4.95. The predicted octanol–water partition coefficient (Wildman–Crippen LogP) is 1.13. The number of hydrogen-bond donors (Lipinski definition) is 2. The molecule has 0 amide bonds. The molecule has 0 aliphatic carbocycles. The predicted molar refractivity (Wildman–Crippen MR) is 51.2 cm³/mol. The molecule has 0 radical (unpaired) electrons. The van der Waals surface area contributed by atoms with Gasteiger partial charge >= 0.3 is 0 Å². The third-order valence-corrected chi connectivity index (χ3v) is 3.44. The van der Waals surface area contributed by atoms with Crippen LogP contribution in [0.2, 0.25) is 0 Å². The molecule has 2 saturated heterocycles. The second kappa shape index (κ2) is 3.35. The molecule has 0 aromatic carbocycles. The number of rotatable bonds is 0. The molecule has 2 heterocycles. The van der Waals surface area contributed by atoms with Gasteiger partial charge in [0.1, 0.15) is 0 Å². The fraction of sp³-hybridized carbons (Fsp3) is 1.00. The van der Waals surface area contributed by atoms with Gasteiger partial charge in [-0.15, -0.1) is 0 Å². The molecule has 1 unspecified atom stereocenters. The van der Waals surface area contributed by atoms with E-state index in [1.807, 2.05) is 0 Å². The van der Waals surface area contributed by atoms with Crippen LogP contribution in [-0.4, -0.2) is 25.2 Å². The summed E-state index contributed by atoms with van der Waals surface area (Å²) < 4.78 is 0. The van der Waals surface area contributed by atoms with E-state index in [1.165, 1.54) is 45.3 Å². The van der Waals surface area contributed by atoms with Gasteiger partial charge in [0.15, 0.2) is 0 Å². The molecular weight excluding hydrogens is 148 g/mol. The van der Waals surface area contributed by atoms with Crippen LogP contribution in [0.5, 0.6) is 0 Å². The van der Waals surface area contributed by atoms with Crippen molar-refractivity contribution in [2.24, 2.45) is 5.92 Å². The Morgan fingerprint density at radius 2 is 1.92 bits per heavy atom. The summed E-state index contributed by atoms with van der Waals surface area (Å²) in [5.74, 6) is 0.935. The number of nitrogens with one attached hydrogen (secondary N) is 2. The van der Waals surface area contributed by atoms with E-state index in [0.717, 1.165) is 5.92 Å². The lowest BCUT2D eigenvalue weighted by Gasteiger charge is -2.44. The van der Waals surface area contributed by atoms with E-state index in [4.69, 9.17) is 0 Å². The van der Waals surface area contributed by atoms with E-state index in [2.05, 4.69) is 17.6 Å². The van der Waals surface area contributed by atoms with Crippen molar-refractivity contribution in [2.75, 3.05) is 19.6 Å². The second-order valence-electron chi connectivity index (χ2n) is 4.56. The summed E-state index contributed by atoms with van der Waals surface area (Å²) in [4.78, 5) is 0. The monoisotopic (exact) mass is 168 g/mol. The summed E-state index contributed by atoms with van der Waals surface area (Å²) in [6.07, 6.45) is 5.43. The Hall–Kier alpha value is -0.0800. The van der Waals surface area contributed by atoms with Gasteiger partial charge in [-0.3, -0.25) is 0 Å². The minimum atomic E-state index is 0.517. The second-order valence-corrected chi connectivity index (χ2v) is 4.56. The minimum absolute atomic E-state index is 0.517. The first-order chi connectivity index (χ1) is 5.81. The van der Waals surface area contributed by atoms with E-state index >= 15 is 0 Å². The summed E-state index contributed by atoms with van der Waals surface area (Å²) >= 11 is 0. The molecule has 12 heavy (non-hydrogen) atoms. The molecule has 2 N–H and O–H groups in total. The summed E-state index contributed by atoms with van der Waals surface area (Å²) in [6.45, 7) is 6.05. The average Bonchev–Trinajstić information content (AvgIpc) is 2.05. The van der Waals surface area contributed by atoms with Crippen LogP contribution in [0, 0.1) is 5.92 Å². The average molecular weight is 168 g/mol. The lowest BCUT2D eigenvalue weighted by molar-refractivity contribution is 0.159. The topological polar surface area (TPSA) is 24.1 Å². The molecule has 0 saturated carbocycles. The van der Waals surface area contributed by atoms with E-state index < -0.39 is 0 Å². The summed E-state index contributed by atoms with van der Waals surface area (Å²) in [6, 6.07) is 0. The molecule has 0 bridgehead atoms. The van der Waals surface area contributed by atoms with Crippen molar-refractivity contribution >= 4 is 0 Å². The van der Waals surface area contributed by atoms with Gasteiger partial charge in [0.25, 0.3) is 0 Å². The number of piperidine rings is 2. The summed E-state index contributed by atoms with van der Waals surface area (Å²) in [5.41, 5.74) is 0.517. The van der Waals surface area contributed by atoms with Crippen LogP contribution in [-0.2, 0) is 0 Å². The van der Waals surface area contributed by atoms with Gasteiger partial charge in [-0.05, 0) is 51.2 Å². The van der Waals surface area contributed by atoms with Gasteiger partial charge in [-0.2, -0.15) is 0 Å². The first-order valence-corrected chi connectivity index (χ1v) is 5.27. The largest absolute Gasteiger partial charge is 0.317 e. The van der Waals surface area contributed by atoms with Crippen LogP contribution < -0.4 is 10.6 Å². The maximum atomic E-state index is 3.72. The quantitative estimate of drug-likeness (QED) is 0.566. The zero-order valence-electron chi connectivity index (χ0n) is 8.03. The molecule has 2 aliphatic rings. The number of hydrogen-bond acceptors (Lipinski definition) is 2. The molecule has 2 aliphatic heterocycles. The Kier molecular flexibility index (Phi) is 2.37. The lowest BCUT2D eigenvalue weighted by Crippen LogP contribution is -2.56. The van der Waals surface area contributed by atoms with Crippen LogP contribution in [0.15, 0.2) is 0 Å². The van der Waals surface area contributed by atoms with Crippen LogP contribution in [0.25, 0.3) is 0 Å². The first-order valence-electron chi connectivity index (χ1n) is 5.27. The van der Waals surface area contributed by atoms with Crippen molar-refractivity contribution in [1.29, 1.82) is 0 Å². The van der Waals surface area contributed by atoms with Crippen LogP contribution in [0.3, 0.4) is 0 Å². The van der Waals surface area contributed by atoms with Gasteiger partial charge in [-0.25, -0.2) is 0 Å². The highest BCUT2D eigenvalue weighted by atomic mass is 15.0. The van der Waals surface area contributed by atoms with E-state index in [9.17, 15) is 0 Å². The van der Waals surface area contributed by atoms with E-state index in [0.29, 0.717) is 5.54 Å². The lowest BCUT2D eigenvalue weighted by atomic mass is 9.77. The van der Waals surface area contributed by atoms with E-state index in [1.54, 1.807) is 0 Å². The zero-order chi connectivity index (χ0) is 8.44. The van der Waals surface area contributed by atoms with Crippen molar-refractivity contribution in [3.8, 4) is 0 Å². The Bertz CT molecular complexity index is 144. The molecular formula is C10H20N2. The highest BCUT2D eigenvalue weighted by Crippen LogP contribution is 2.30. The van der Waals surface area contributed by atoms with Crippen LogP contribution in [0.1, 0.15) is 32.6 Å². The maximum Gasteiger partial charge on any atom is 0.0208 e. The fourth-order valence-corrected chi connectivity index (χ4v) is 2.71. The minimum Gasteiger partial charge on any atom is -0.317 e. The molecule has 1 atom stereocenters. The Balaban J connectivity index is 1.97. The zero-order valence-corrected chi connectivity index (χ0v) is 8.03. The Morgan fingerprint density at radius 3 is 2.58 bits per heavy atom. The van der Waals surface area contributed by atoms with Gasteiger partial charge < -0.3 is 10.6 Å². The van der Waals surface area contributed by atoms with Crippen LogP contribution >= 0.6 is 0 Å². The van der Waals surface area contributed by atoms with Gasteiger partial charge in [0.05, 0.1) is 0 Å². The Labute approximate surface area is 75.1 Å². The molecule has 70 valence electrons. The summed E-state index contributed by atoms with van der Waals surface area (Å²) in [7, 11) is 0. The maximum absolute atomic E-state index is 3.72. The third kappa shape index (κ3) is 1.64. The van der Waals surface area contributed by atoms with E-state index in [-0.39, 0.29) is 0 Å². The SMILES string of the molecule is CC1CCNC2(CCNCC2)C1. The van der Waals surface area contributed by atoms with Gasteiger partial charge in [-0.1, -0.05) is 6.92 Å². The highest BCUT2D eigenvalue weighted by Gasteiger charge is 2.35. The van der Waals surface area contributed by atoms with Crippen molar-refractivity contribution in [3.63, 3.8) is 0 Å². The normalized spacial score (nSPS) is 35.2. The first kappa shape index (κ1) is 8.52. The Morgan fingerprint density at radius 1 is 1.17 bits per heavy atom. The molecule has 1 spiro atoms. The molecule has 2 fully saturated rings. The summed E-state index contributed by atoms with van der Waals surface area (Å²) in [5, 5.41) is 7.16. The molecule has 2 rings (SSSR count). The fourth-order valence-electron chi connectivity index (χ4n) is 2.71. The van der Waals surface area contributed by atoms with Gasteiger partial charge in [0, 0.05) is 5.54 Å². The van der Waals surface area contributed by atoms with Crippen molar-refractivity contribution < 1.29 is 0 Å². The third-order valence-electron chi connectivity index (χ3n) is 3.44. The van der Waals surface area contributed by atoms with Crippen LogP contribution in [0.4, 0.5) is 0 Å². The molecule has 2 nitrogen and oxygen atoms in total. The molecule has 0 aromatic heterocycles. The van der Waals surface area contributed by atoms with Crippen molar-refractivity contribution in [3.05, 3.63) is 0 Å². The van der Waals surface area contributed by atoms with Crippen molar-refractivity contribution in [1.82, 2.24) is 10.6 Å². The smallest absolute Gasteiger partial charge is 0.0208 e. The van der Waals surface area contributed by atoms with Gasteiger partial charge in [0.2, 0.25) is 0 Å². The molecule has 2 heteroatoms. The van der Waals surface area contributed by atoms with Crippen molar-refractivity contribution in [2.45, 2.75) is 38.1 Å². The molecule has 0 aromatic rings.